The van der Waals surface area contributed by atoms with Crippen LogP contribution in [0.2, 0.25) is 0 Å². The molecule has 4 aromatic rings. The minimum absolute atomic E-state index is 0.0437. The third-order valence-electron chi connectivity index (χ3n) is 7.04. The van der Waals surface area contributed by atoms with Crippen molar-refractivity contribution in [3.8, 4) is 28.4 Å². The summed E-state index contributed by atoms with van der Waals surface area (Å²) in [6.45, 7) is 6.11. The van der Waals surface area contributed by atoms with Gasteiger partial charge < -0.3 is 37.9 Å². The summed E-state index contributed by atoms with van der Waals surface area (Å²) in [5.74, 6) is -1.46. The lowest BCUT2D eigenvalue weighted by atomic mass is 10.0. The fourth-order valence-corrected chi connectivity index (χ4v) is 4.40. The molecule has 0 heterocycles. The van der Waals surface area contributed by atoms with E-state index in [9.17, 15) is 24.0 Å². The van der Waals surface area contributed by atoms with Crippen LogP contribution < -0.4 is 14.2 Å². The zero-order valence-corrected chi connectivity index (χ0v) is 29.0. The molecule has 0 aliphatic rings. The van der Waals surface area contributed by atoms with Gasteiger partial charge in [-0.1, -0.05) is 30.8 Å². The number of hydrogen-bond donors (Lipinski definition) is 0. The van der Waals surface area contributed by atoms with Crippen LogP contribution in [-0.4, -0.2) is 82.7 Å². The molecule has 0 unspecified atom stereocenters. The Morgan fingerprint density at radius 2 is 0.868 bits per heavy atom. The lowest BCUT2D eigenvalue weighted by molar-refractivity contribution is -0.142. The van der Waals surface area contributed by atoms with Crippen molar-refractivity contribution >= 4 is 29.8 Å². The smallest absolute Gasteiger partial charge is 0.343 e. The van der Waals surface area contributed by atoms with Crippen molar-refractivity contribution in [1.29, 1.82) is 0 Å². The molecule has 0 N–H and O–H groups in total. The van der Waals surface area contributed by atoms with Gasteiger partial charge in [-0.25, -0.2) is 19.2 Å². The topological polar surface area (TPSA) is 159 Å². The van der Waals surface area contributed by atoms with E-state index in [0.717, 1.165) is 17.2 Å². The van der Waals surface area contributed by atoms with Crippen LogP contribution in [0.15, 0.2) is 110 Å². The molecule has 53 heavy (non-hydrogen) atoms. The Hall–Kier alpha value is -6.31. The third-order valence-corrected chi connectivity index (χ3v) is 7.04. The molecular weight excluding hydrogens is 688 g/mol. The minimum atomic E-state index is -0.592. The highest BCUT2D eigenvalue weighted by atomic mass is 16.6. The highest BCUT2D eigenvalue weighted by Crippen LogP contribution is 2.24. The Morgan fingerprint density at radius 3 is 1.38 bits per heavy atom. The van der Waals surface area contributed by atoms with Crippen LogP contribution in [0, 0.1) is 0 Å². The molecule has 0 radical (unpaired) electrons. The van der Waals surface area contributed by atoms with Crippen molar-refractivity contribution in [1.82, 2.24) is 0 Å². The molecule has 0 atom stereocenters. The van der Waals surface area contributed by atoms with E-state index in [2.05, 4.69) is 6.58 Å². The monoisotopic (exact) mass is 726 g/mol. The molecule has 13 heteroatoms. The van der Waals surface area contributed by atoms with E-state index in [-0.39, 0.29) is 63.5 Å². The predicted octanol–water partition coefficient (Wildman–Crippen LogP) is 5.65. The zero-order valence-electron chi connectivity index (χ0n) is 29.0. The molecule has 0 saturated heterocycles. The fraction of sp³-hybridized carbons (Fsp3) is 0.225. The second-order valence-corrected chi connectivity index (χ2v) is 10.9. The molecule has 13 nitrogen and oxygen atoms in total. The Labute approximate surface area is 305 Å². The molecule has 0 aliphatic heterocycles. The molecule has 0 saturated carbocycles. The molecule has 276 valence electrons. The van der Waals surface area contributed by atoms with Gasteiger partial charge in [-0.3, -0.25) is 4.79 Å². The normalized spacial score (nSPS) is 10.4. The molecule has 0 aromatic heterocycles. The number of ether oxygens (including phenoxy) is 8. The summed E-state index contributed by atoms with van der Waals surface area (Å²) < 4.78 is 41.8. The van der Waals surface area contributed by atoms with Gasteiger partial charge in [0.15, 0.2) is 0 Å². The fourth-order valence-electron chi connectivity index (χ4n) is 4.40. The van der Waals surface area contributed by atoms with Gasteiger partial charge in [0.05, 0.1) is 43.1 Å². The second kappa shape index (κ2) is 21.1. The maximum absolute atomic E-state index is 12.8. The Morgan fingerprint density at radius 1 is 0.472 bits per heavy atom. The van der Waals surface area contributed by atoms with Crippen LogP contribution in [0.25, 0.3) is 11.1 Å². The van der Waals surface area contributed by atoms with E-state index in [0.29, 0.717) is 29.2 Å². The van der Waals surface area contributed by atoms with Crippen LogP contribution in [0.4, 0.5) is 0 Å². The van der Waals surface area contributed by atoms with Crippen LogP contribution >= 0.6 is 0 Å². The van der Waals surface area contributed by atoms with Crippen molar-refractivity contribution < 1.29 is 61.9 Å². The standard InChI is InChI=1S/C40H38O13/c1-3-37(42)50-26-22-47-23-27-51-38(43)31-6-4-29(5-7-31)30-8-16-35(17-9-30)52-40(45)33-12-18-36(19-13-33)53-39(44)32-10-14-34(15-11-32)49-25-21-46-20-24-48-28(2)41/h3-19H,1,20-27H2,2H3. The Kier molecular flexibility index (Phi) is 15.8. The first-order valence-corrected chi connectivity index (χ1v) is 16.4. The number of rotatable bonds is 20. The lowest BCUT2D eigenvalue weighted by Crippen LogP contribution is -2.14. The highest BCUT2D eigenvalue weighted by molar-refractivity contribution is 5.93. The molecule has 4 aromatic carbocycles. The molecule has 0 fully saturated rings. The van der Waals surface area contributed by atoms with Gasteiger partial charge in [-0.05, 0) is 83.9 Å². The number of carbonyl (C=O) groups is 5. The summed E-state index contributed by atoms with van der Waals surface area (Å²) in [7, 11) is 0. The third kappa shape index (κ3) is 13.7. The number of carbonyl (C=O) groups excluding carboxylic acids is 5. The van der Waals surface area contributed by atoms with E-state index in [1.54, 1.807) is 72.8 Å². The van der Waals surface area contributed by atoms with E-state index >= 15 is 0 Å². The summed E-state index contributed by atoms with van der Waals surface area (Å²) in [5.41, 5.74) is 2.61. The molecule has 0 amide bonds. The van der Waals surface area contributed by atoms with Crippen LogP contribution in [0.5, 0.6) is 17.2 Å². The van der Waals surface area contributed by atoms with Gasteiger partial charge in [0.2, 0.25) is 0 Å². The van der Waals surface area contributed by atoms with E-state index in [1.165, 1.54) is 31.2 Å². The largest absolute Gasteiger partial charge is 0.491 e. The summed E-state index contributed by atoms with van der Waals surface area (Å²) >= 11 is 0. The van der Waals surface area contributed by atoms with E-state index in [4.69, 9.17) is 37.9 Å². The molecule has 0 bridgehead atoms. The highest BCUT2D eigenvalue weighted by Gasteiger charge is 2.13. The number of esters is 5. The van der Waals surface area contributed by atoms with Crippen molar-refractivity contribution in [3.63, 3.8) is 0 Å². The van der Waals surface area contributed by atoms with Gasteiger partial charge in [0.25, 0.3) is 0 Å². The average Bonchev–Trinajstić information content (AvgIpc) is 3.17. The van der Waals surface area contributed by atoms with Crippen LogP contribution in [-0.2, 0) is 33.3 Å². The first-order valence-electron chi connectivity index (χ1n) is 16.4. The molecule has 0 aliphatic carbocycles. The van der Waals surface area contributed by atoms with Crippen molar-refractivity contribution in [2.45, 2.75) is 6.92 Å². The first-order chi connectivity index (χ1) is 25.7. The average molecular weight is 727 g/mol. The van der Waals surface area contributed by atoms with E-state index in [1.807, 2.05) is 0 Å². The SMILES string of the molecule is C=CC(=O)OCCOCCOC(=O)c1ccc(-c2ccc(OC(=O)c3ccc(OC(=O)c4ccc(OCCOCCOC(C)=O)cc4)cc3)cc2)cc1. The molecule has 4 rings (SSSR count). The second-order valence-electron chi connectivity index (χ2n) is 10.9. The lowest BCUT2D eigenvalue weighted by Gasteiger charge is -2.09. The Bertz CT molecular complexity index is 1810. The van der Waals surface area contributed by atoms with Crippen molar-refractivity contribution in [2.24, 2.45) is 0 Å². The van der Waals surface area contributed by atoms with Gasteiger partial charge in [0, 0.05) is 13.0 Å². The summed E-state index contributed by atoms with van der Waals surface area (Å²) in [5, 5.41) is 0. The van der Waals surface area contributed by atoms with Gasteiger partial charge >= 0.3 is 29.8 Å². The summed E-state index contributed by atoms with van der Waals surface area (Å²) in [6.07, 6.45) is 1.06. The number of benzene rings is 4. The maximum Gasteiger partial charge on any atom is 0.343 e. The van der Waals surface area contributed by atoms with Crippen LogP contribution in [0.1, 0.15) is 38.0 Å². The summed E-state index contributed by atoms with van der Waals surface area (Å²) in [4.78, 5) is 59.4. The molecule has 0 spiro atoms. The van der Waals surface area contributed by atoms with Gasteiger partial charge in [-0.2, -0.15) is 0 Å². The minimum Gasteiger partial charge on any atom is -0.491 e. The maximum atomic E-state index is 12.8. The van der Waals surface area contributed by atoms with Crippen molar-refractivity contribution in [3.05, 3.63) is 126 Å². The Balaban J connectivity index is 1.17. The first kappa shape index (κ1) is 39.5. The summed E-state index contributed by atoms with van der Waals surface area (Å²) in [6, 6.07) is 26.1. The van der Waals surface area contributed by atoms with Crippen LogP contribution in [0.3, 0.4) is 0 Å². The molecular formula is C40H38O13. The van der Waals surface area contributed by atoms with Crippen molar-refractivity contribution in [2.75, 3.05) is 52.9 Å². The van der Waals surface area contributed by atoms with Gasteiger partial charge in [-0.15, -0.1) is 0 Å². The quantitative estimate of drug-likeness (QED) is 0.0362. The number of hydrogen-bond acceptors (Lipinski definition) is 13. The zero-order chi connectivity index (χ0) is 37.8. The van der Waals surface area contributed by atoms with Gasteiger partial charge in [0.1, 0.15) is 43.7 Å². The van der Waals surface area contributed by atoms with E-state index < -0.39 is 23.9 Å². The predicted molar refractivity (Wildman–Crippen MR) is 190 cm³/mol.